The van der Waals surface area contributed by atoms with Crippen LogP contribution < -0.4 is 0 Å². The molecule has 2 heteroatoms. The van der Waals surface area contributed by atoms with Crippen LogP contribution in [0.15, 0.2) is 0 Å². The van der Waals surface area contributed by atoms with Gasteiger partial charge in [-0.3, -0.25) is 0 Å². The second kappa shape index (κ2) is 8.02. The molecular weight excluding hydrogens is 140 g/mol. The Morgan fingerprint density at radius 3 is 1.91 bits per heavy atom. The Labute approximate surface area is 70.3 Å². The predicted octanol–water partition coefficient (Wildman–Crippen LogP) is 1.95. The van der Waals surface area contributed by atoms with Gasteiger partial charge in [0.25, 0.3) is 0 Å². The summed E-state index contributed by atoms with van der Waals surface area (Å²) in [6.45, 7) is 7.85. The highest BCUT2D eigenvalue weighted by Gasteiger charge is 2.16. The van der Waals surface area contributed by atoms with Gasteiger partial charge in [-0.2, -0.15) is 0 Å². The van der Waals surface area contributed by atoms with Crippen molar-refractivity contribution in [2.24, 2.45) is 0 Å². The van der Waals surface area contributed by atoms with Gasteiger partial charge in [-0.05, 0) is 19.8 Å². The third-order valence-corrected chi connectivity index (χ3v) is 1.44. The van der Waals surface area contributed by atoms with Crippen molar-refractivity contribution in [1.29, 1.82) is 0 Å². The molecule has 0 fully saturated rings. The summed E-state index contributed by atoms with van der Waals surface area (Å²) < 4.78 is 0. The molecule has 0 aromatic heterocycles. The van der Waals surface area contributed by atoms with Crippen molar-refractivity contribution in [2.75, 3.05) is 6.61 Å². The lowest BCUT2D eigenvalue weighted by Crippen LogP contribution is -2.24. The molecule has 0 aliphatic carbocycles. The van der Waals surface area contributed by atoms with Crippen LogP contribution in [-0.2, 0) is 0 Å². The Bertz CT molecular complexity index is 62.0. The molecule has 0 saturated carbocycles. The molecule has 0 aliphatic heterocycles. The average Bonchev–Trinajstić information content (AvgIpc) is 1.91. The number of aliphatic hydroxyl groups excluding tert-OH is 1. The van der Waals surface area contributed by atoms with E-state index in [-0.39, 0.29) is 6.61 Å². The second-order valence-electron chi connectivity index (χ2n) is 2.72. The molecule has 0 rings (SSSR count). The first-order valence-electron chi connectivity index (χ1n) is 4.45. The van der Waals surface area contributed by atoms with Crippen LogP contribution in [-0.4, -0.2) is 22.4 Å². The first-order valence-corrected chi connectivity index (χ1v) is 4.45. The summed E-state index contributed by atoms with van der Waals surface area (Å²) in [6.07, 6.45) is 2.22. The molecule has 11 heavy (non-hydrogen) atoms. The van der Waals surface area contributed by atoms with Crippen molar-refractivity contribution in [3.05, 3.63) is 0 Å². The topological polar surface area (TPSA) is 40.5 Å². The summed E-state index contributed by atoms with van der Waals surface area (Å²) in [5.41, 5.74) is -0.649. The van der Waals surface area contributed by atoms with Crippen molar-refractivity contribution < 1.29 is 10.2 Å². The van der Waals surface area contributed by atoms with Gasteiger partial charge in [0, 0.05) is 6.61 Å². The van der Waals surface area contributed by atoms with Gasteiger partial charge in [0.2, 0.25) is 0 Å². The highest BCUT2D eigenvalue weighted by Crippen LogP contribution is 2.14. The quantitative estimate of drug-likeness (QED) is 0.663. The van der Waals surface area contributed by atoms with Gasteiger partial charge in [0.15, 0.2) is 0 Å². The van der Waals surface area contributed by atoms with E-state index in [1.165, 1.54) is 0 Å². The molecule has 0 bridgehead atoms. The van der Waals surface area contributed by atoms with E-state index in [9.17, 15) is 5.11 Å². The van der Waals surface area contributed by atoms with Crippen molar-refractivity contribution in [3.63, 3.8) is 0 Å². The largest absolute Gasteiger partial charge is 0.396 e. The Hall–Kier alpha value is -0.0800. The summed E-state index contributed by atoms with van der Waals surface area (Å²) in [5.74, 6) is 0. The van der Waals surface area contributed by atoms with Crippen LogP contribution in [0.2, 0.25) is 0 Å². The minimum atomic E-state index is -0.649. The molecule has 2 nitrogen and oxygen atoms in total. The maximum Gasteiger partial charge on any atom is 0.0641 e. The molecule has 0 aromatic rings. The summed E-state index contributed by atoms with van der Waals surface area (Å²) in [7, 11) is 0. The minimum Gasteiger partial charge on any atom is -0.396 e. The average molecular weight is 162 g/mol. The molecule has 0 aliphatic rings. The second-order valence-corrected chi connectivity index (χ2v) is 2.72. The smallest absolute Gasteiger partial charge is 0.0641 e. The zero-order chi connectivity index (χ0) is 9.33. The molecule has 0 spiro atoms. The Morgan fingerprint density at radius 2 is 1.64 bits per heavy atom. The van der Waals surface area contributed by atoms with Gasteiger partial charge in [-0.1, -0.05) is 27.2 Å². The third kappa shape index (κ3) is 9.92. The van der Waals surface area contributed by atoms with Crippen molar-refractivity contribution in [2.45, 2.75) is 52.6 Å². The lowest BCUT2D eigenvalue weighted by molar-refractivity contribution is 0.0249. The Morgan fingerprint density at radius 1 is 1.18 bits per heavy atom. The molecule has 0 heterocycles. The van der Waals surface area contributed by atoms with Crippen molar-refractivity contribution >= 4 is 0 Å². The van der Waals surface area contributed by atoms with Crippen molar-refractivity contribution in [3.8, 4) is 0 Å². The van der Waals surface area contributed by atoms with Gasteiger partial charge >= 0.3 is 0 Å². The van der Waals surface area contributed by atoms with Gasteiger partial charge < -0.3 is 10.2 Å². The first-order chi connectivity index (χ1) is 5.12. The van der Waals surface area contributed by atoms with Crippen LogP contribution >= 0.6 is 0 Å². The van der Waals surface area contributed by atoms with E-state index < -0.39 is 5.60 Å². The Kier molecular flexibility index (Phi) is 9.85. The molecule has 0 radical (unpaired) electrons. The summed E-state index contributed by atoms with van der Waals surface area (Å²) in [5, 5.41) is 17.8. The van der Waals surface area contributed by atoms with E-state index >= 15 is 0 Å². The zero-order valence-corrected chi connectivity index (χ0v) is 8.22. The van der Waals surface area contributed by atoms with E-state index in [1.54, 1.807) is 6.92 Å². The maximum absolute atomic E-state index is 9.35. The van der Waals surface area contributed by atoms with E-state index in [4.69, 9.17) is 5.11 Å². The van der Waals surface area contributed by atoms with E-state index in [2.05, 4.69) is 0 Å². The molecule has 1 atom stereocenters. The van der Waals surface area contributed by atoms with Gasteiger partial charge in [-0.15, -0.1) is 0 Å². The molecule has 0 amide bonds. The standard InChI is InChI=1S/C7H16O2.C2H6/c1-3-4-7(2,9)5-6-8;1-2/h8-9H,3-6H2,1-2H3;1-2H3. The minimum absolute atomic E-state index is 0.0764. The fraction of sp³-hybridized carbons (Fsp3) is 1.00. The summed E-state index contributed by atoms with van der Waals surface area (Å²) in [4.78, 5) is 0. The van der Waals surface area contributed by atoms with Crippen LogP contribution in [0.5, 0.6) is 0 Å². The zero-order valence-electron chi connectivity index (χ0n) is 8.22. The molecule has 2 N–H and O–H groups in total. The predicted molar refractivity (Wildman–Crippen MR) is 48.6 cm³/mol. The van der Waals surface area contributed by atoms with Gasteiger partial charge in [0.05, 0.1) is 5.60 Å². The third-order valence-electron chi connectivity index (χ3n) is 1.44. The fourth-order valence-electron chi connectivity index (χ4n) is 0.904. The summed E-state index contributed by atoms with van der Waals surface area (Å²) >= 11 is 0. The fourth-order valence-corrected chi connectivity index (χ4v) is 0.904. The van der Waals surface area contributed by atoms with Crippen LogP contribution in [0.25, 0.3) is 0 Å². The SMILES string of the molecule is CC.CCCC(C)(O)CCO. The number of aliphatic hydroxyl groups is 2. The van der Waals surface area contributed by atoms with Gasteiger partial charge in [0.1, 0.15) is 0 Å². The normalized spacial score (nSPS) is 14.7. The highest BCUT2D eigenvalue weighted by atomic mass is 16.3. The molecule has 0 saturated heterocycles. The van der Waals surface area contributed by atoms with E-state index in [0.29, 0.717) is 6.42 Å². The molecule has 70 valence electrons. The Balaban J connectivity index is 0. The van der Waals surface area contributed by atoms with Crippen molar-refractivity contribution in [1.82, 2.24) is 0 Å². The number of hydrogen-bond acceptors (Lipinski definition) is 2. The maximum atomic E-state index is 9.35. The van der Waals surface area contributed by atoms with E-state index in [0.717, 1.165) is 12.8 Å². The number of hydrogen-bond donors (Lipinski definition) is 2. The number of rotatable bonds is 4. The summed E-state index contributed by atoms with van der Waals surface area (Å²) in [6, 6.07) is 0. The van der Waals surface area contributed by atoms with Crippen LogP contribution in [0.1, 0.15) is 47.0 Å². The monoisotopic (exact) mass is 162 g/mol. The first kappa shape index (κ1) is 13.5. The highest BCUT2D eigenvalue weighted by molar-refractivity contribution is 4.70. The van der Waals surface area contributed by atoms with Crippen LogP contribution in [0, 0.1) is 0 Å². The molecule has 0 aromatic carbocycles. The van der Waals surface area contributed by atoms with Gasteiger partial charge in [-0.25, -0.2) is 0 Å². The molecular formula is C9H22O2. The van der Waals surface area contributed by atoms with Crippen LogP contribution in [0.4, 0.5) is 0 Å². The lowest BCUT2D eigenvalue weighted by Gasteiger charge is -2.20. The van der Waals surface area contributed by atoms with E-state index in [1.807, 2.05) is 20.8 Å². The molecule has 1 unspecified atom stereocenters. The van der Waals surface area contributed by atoms with Crippen LogP contribution in [0.3, 0.4) is 0 Å². The lowest BCUT2D eigenvalue weighted by atomic mass is 9.97.